The van der Waals surface area contributed by atoms with Gasteiger partial charge in [-0.05, 0) is 118 Å². The first-order valence-corrected chi connectivity index (χ1v) is 12.8. The van der Waals surface area contributed by atoms with Gasteiger partial charge >= 0.3 is 0 Å². The van der Waals surface area contributed by atoms with Crippen LogP contribution in [0.5, 0.6) is 0 Å². The Morgan fingerprint density at radius 1 is 0.800 bits per heavy atom. The first-order valence-electron chi connectivity index (χ1n) is 12.8. The summed E-state index contributed by atoms with van der Waals surface area (Å²) in [5.41, 5.74) is 17.7. The summed E-state index contributed by atoms with van der Waals surface area (Å²) in [6, 6.07) is 18.2. The number of hydrogen-bond acceptors (Lipinski definition) is 0. The lowest BCUT2D eigenvalue weighted by Gasteiger charge is -2.18. The van der Waals surface area contributed by atoms with Crippen LogP contribution in [0, 0.1) is 6.92 Å². The molecule has 0 nitrogen and oxygen atoms in total. The minimum atomic E-state index is 0.820. The van der Waals surface area contributed by atoms with Crippen LogP contribution in [0.4, 0.5) is 0 Å². The van der Waals surface area contributed by atoms with Gasteiger partial charge in [-0.25, -0.2) is 0 Å². The SMILES string of the molecule is C=C(C)c1ccc(CC(=C)c2c(CC)ccc3c2C(=C)CC3=C)cc1Cc1ccc(CC)cc1C. The smallest absolute Gasteiger partial charge is 0.00170 e. The number of benzene rings is 3. The normalized spacial score (nSPS) is 12.7. The largest absolute Gasteiger partial charge is 0.0955 e. The Hall–Kier alpha value is -3.38. The van der Waals surface area contributed by atoms with Crippen LogP contribution >= 0.6 is 0 Å². The van der Waals surface area contributed by atoms with Gasteiger partial charge in [0.1, 0.15) is 0 Å². The van der Waals surface area contributed by atoms with E-state index in [1.165, 1.54) is 66.8 Å². The Morgan fingerprint density at radius 3 is 2.17 bits per heavy atom. The molecule has 0 amide bonds. The zero-order valence-electron chi connectivity index (χ0n) is 22.0. The molecule has 0 saturated heterocycles. The first-order chi connectivity index (χ1) is 16.7. The highest BCUT2D eigenvalue weighted by Crippen LogP contribution is 2.44. The summed E-state index contributed by atoms with van der Waals surface area (Å²) in [7, 11) is 0. The topological polar surface area (TPSA) is 0 Å². The summed E-state index contributed by atoms with van der Waals surface area (Å²) in [4.78, 5) is 0. The zero-order chi connectivity index (χ0) is 25.3. The van der Waals surface area contributed by atoms with Crippen LogP contribution in [0.15, 0.2) is 74.8 Å². The van der Waals surface area contributed by atoms with Gasteiger partial charge in [-0.1, -0.05) is 94.3 Å². The number of aryl methyl sites for hydroxylation is 3. The quantitative estimate of drug-likeness (QED) is 0.315. The van der Waals surface area contributed by atoms with Gasteiger partial charge in [0, 0.05) is 0 Å². The van der Waals surface area contributed by atoms with Gasteiger partial charge in [-0.3, -0.25) is 0 Å². The van der Waals surface area contributed by atoms with E-state index in [4.69, 9.17) is 0 Å². The number of allylic oxidation sites excluding steroid dienone is 4. The summed E-state index contributed by atoms with van der Waals surface area (Å²) in [6.45, 7) is 26.2. The van der Waals surface area contributed by atoms with E-state index in [9.17, 15) is 0 Å². The summed E-state index contributed by atoms with van der Waals surface area (Å²) in [5.74, 6) is 0. The first kappa shape index (κ1) is 24.7. The van der Waals surface area contributed by atoms with Crippen LogP contribution in [-0.2, 0) is 25.7 Å². The Bertz CT molecular complexity index is 1360. The molecule has 0 heteroatoms. The van der Waals surface area contributed by atoms with Crippen molar-refractivity contribution in [1.82, 2.24) is 0 Å². The molecule has 0 N–H and O–H groups in total. The molecule has 0 unspecified atom stereocenters. The van der Waals surface area contributed by atoms with Gasteiger partial charge in [-0.2, -0.15) is 0 Å². The second kappa shape index (κ2) is 10.1. The molecule has 35 heavy (non-hydrogen) atoms. The Labute approximate surface area is 212 Å². The van der Waals surface area contributed by atoms with Crippen molar-refractivity contribution in [3.05, 3.63) is 130 Å². The highest BCUT2D eigenvalue weighted by Gasteiger charge is 2.24. The van der Waals surface area contributed by atoms with Gasteiger partial charge in [0.25, 0.3) is 0 Å². The molecule has 0 bridgehead atoms. The van der Waals surface area contributed by atoms with E-state index in [0.717, 1.165) is 43.3 Å². The second-order valence-electron chi connectivity index (χ2n) is 10.1. The van der Waals surface area contributed by atoms with E-state index < -0.39 is 0 Å². The summed E-state index contributed by atoms with van der Waals surface area (Å²) < 4.78 is 0. The van der Waals surface area contributed by atoms with Crippen molar-refractivity contribution in [2.24, 2.45) is 0 Å². The zero-order valence-corrected chi connectivity index (χ0v) is 22.0. The van der Waals surface area contributed by atoms with E-state index in [-0.39, 0.29) is 0 Å². The van der Waals surface area contributed by atoms with E-state index in [2.05, 4.69) is 103 Å². The van der Waals surface area contributed by atoms with E-state index in [1.54, 1.807) is 0 Å². The minimum absolute atomic E-state index is 0.820. The molecule has 0 atom stereocenters. The molecule has 0 heterocycles. The van der Waals surface area contributed by atoms with Gasteiger partial charge in [0.05, 0.1) is 0 Å². The fraction of sp³-hybridized carbons (Fsp3) is 0.257. The highest BCUT2D eigenvalue weighted by atomic mass is 14.3. The Balaban J connectivity index is 1.70. The van der Waals surface area contributed by atoms with Crippen molar-refractivity contribution in [3.63, 3.8) is 0 Å². The second-order valence-corrected chi connectivity index (χ2v) is 10.1. The predicted molar refractivity (Wildman–Crippen MR) is 156 cm³/mol. The maximum absolute atomic E-state index is 4.58. The van der Waals surface area contributed by atoms with Gasteiger partial charge in [0.2, 0.25) is 0 Å². The maximum Gasteiger partial charge on any atom is -0.00170 e. The molecule has 1 aliphatic rings. The van der Waals surface area contributed by atoms with E-state index in [1.807, 2.05) is 0 Å². The van der Waals surface area contributed by atoms with Crippen molar-refractivity contribution < 1.29 is 0 Å². The summed E-state index contributed by atoms with van der Waals surface area (Å²) in [5, 5.41) is 0. The van der Waals surface area contributed by atoms with Gasteiger partial charge in [-0.15, -0.1) is 0 Å². The Morgan fingerprint density at radius 2 is 1.51 bits per heavy atom. The number of rotatable bonds is 8. The van der Waals surface area contributed by atoms with Crippen LogP contribution in [0.1, 0.15) is 82.8 Å². The molecule has 178 valence electrons. The predicted octanol–water partition coefficient (Wildman–Crippen LogP) is 9.43. The molecule has 3 aromatic rings. The molecule has 0 fully saturated rings. The lowest BCUT2D eigenvalue weighted by Crippen LogP contribution is -2.02. The molecule has 3 aromatic carbocycles. The summed E-state index contributed by atoms with van der Waals surface area (Å²) >= 11 is 0. The average molecular weight is 459 g/mol. The van der Waals surface area contributed by atoms with E-state index >= 15 is 0 Å². The molecule has 0 aliphatic heterocycles. The molecule has 1 aliphatic carbocycles. The molecule has 4 rings (SSSR count). The van der Waals surface area contributed by atoms with Crippen LogP contribution in [0.25, 0.3) is 22.3 Å². The van der Waals surface area contributed by atoms with Crippen molar-refractivity contribution >= 4 is 22.3 Å². The lowest BCUT2D eigenvalue weighted by molar-refractivity contribution is 1.09. The third-order valence-electron chi connectivity index (χ3n) is 7.43. The minimum Gasteiger partial charge on any atom is -0.0955 e. The van der Waals surface area contributed by atoms with Gasteiger partial charge < -0.3 is 0 Å². The molecule has 0 radical (unpaired) electrons. The van der Waals surface area contributed by atoms with Crippen molar-refractivity contribution in [3.8, 4) is 0 Å². The monoisotopic (exact) mass is 458 g/mol. The maximum atomic E-state index is 4.58. The van der Waals surface area contributed by atoms with Crippen molar-refractivity contribution in [2.45, 2.75) is 59.8 Å². The molecule has 0 saturated carbocycles. The molecule has 0 aromatic heterocycles. The number of fused-ring (bicyclic) bond motifs is 1. The third-order valence-corrected chi connectivity index (χ3v) is 7.43. The standard InChI is InChI=1S/C35H38/c1-9-27-11-13-30(23(5)18-27)21-31-20-28(12-15-32(31)22(3)4)19-26(8)34-29(10-2)14-16-33-24(6)17-25(7)35(33)34/h11-16,18,20H,3,6-10,17,19,21H2,1-2,4-5H3. The highest BCUT2D eigenvalue weighted by molar-refractivity contribution is 5.96. The van der Waals surface area contributed by atoms with E-state index in [0.29, 0.717) is 0 Å². The van der Waals surface area contributed by atoms with Crippen LogP contribution in [-0.4, -0.2) is 0 Å². The number of hydrogen-bond donors (Lipinski definition) is 0. The van der Waals surface area contributed by atoms with Gasteiger partial charge in [0.15, 0.2) is 0 Å². The van der Waals surface area contributed by atoms with Crippen molar-refractivity contribution in [2.75, 3.05) is 0 Å². The Kier molecular flexibility index (Phi) is 7.13. The fourth-order valence-corrected chi connectivity index (χ4v) is 5.48. The fourth-order valence-electron chi connectivity index (χ4n) is 5.48. The molecular weight excluding hydrogens is 420 g/mol. The molecular formula is C35H38. The third kappa shape index (κ3) is 4.89. The van der Waals surface area contributed by atoms with Crippen molar-refractivity contribution in [1.29, 1.82) is 0 Å². The molecule has 0 spiro atoms. The summed E-state index contributed by atoms with van der Waals surface area (Å²) in [6.07, 6.45) is 4.64. The average Bonchev–Trinajstić information content (AvgIpc) is 3.12. The van der Waals surface area contributed by atoms with Crippen LogP contribution < -0.4 is 0 Å². The van der Waals surface area contributed by atoms with Crippen LogP contribution in [0.2, 0.25) is 0 Å². The lowest BCUT2D eigenvalue weighted by atomic mass is 9.86. The van der Waals surface area contributed by atoms with Crippen LogP contribution in [0.3, 0.4) is 0 Å².